The van der Waals surface area contributed by atoms with Crippen LogP contribution >= 0.6 is 11.8 Å². The van der Waals surface area contributed by atoms with Crippen LogP contribution < -0.4 is 5.32 Å². The zero-order chi connectivity index (χ0) is 13.2. The molecule has 1 fully saturated rings. The SMILES string of the molecule is CNC(C)(C#N)CC(C)Sc1nnnn1C1CC1. The Morgan fingerprint density at radius 2 is 2.39 bits per heavy atom. The number of hydrogen-bond donors (Lipinski definition) is 1. The van der Waals surface area contributed by atoms with Crippen molar-refractivity contribution in [1.82, 2.24) is 25.5 Å². The van der Waals surface area contributed by atoms with E-state index in [1.54, 1.807) is 11.8 Å². The molecule has 7 heteroatoms. The first-order valence-electron chi connectivity index (χ1n) is 6.12. The molecule has 1 aromatic rings. The molecule has 6 nitrogen and oxygen atoms in total. The van der Waals surface area contributed by atoms with Crippen LogP contribution in [0.5, 0.6) is 0 Å². The molecular formula is C11H18N6S. The van der Waals surface area contributed by atoms with Gasteiger partial charge in [0.15, 0.2) is 0 Å². The minimum absolute atomic E-state index is 0.283. The van der Waals surface area contributed by atoms with Crippen LogP contribution in [0.25, 0.3) is 0 Å². The predicted octanol–water partition coefficient (Wildman–Crippen LogP) is 1.38. The second-order valence-corrected chi connectivity index (χ2v) is 6.37. The van der Waals surface area contributed by atoms with Crippen LogP contribution in [0.2, 0.25) is 0 Å². The van der Waals surface area contributed by atoms with Gasteiger partial charge in [0.1, 0.15) is 5.54 Å². The van der Waals surface area contributed by atoms with Gasteiger partial charge in [0.2, 0.25) is 5.16 Å². The van der Waals surface area contributed by atoms with E-state index in [0.29, 0.717) is 6.04 Å². The van der Waals surface area contributed by atoms with E-state index in [1.807, 2.05) is 18.7 Å². The molecule has 2 rings (SSSR count). The average Bonchev–Trinajstić information content (AvgIpc) is 3.10. The third kappa shape index (κ3) is 3.00. The summed E-state index contributed by atoms with van der Waals surface area (Å²) in [5.74, 6) is 0. The first kappa shape index (κ1) is 13.3. The molecule has 1 aliphatic carbocycles. The Hall–Kier alpha value is -1.13. The van der Waals surface area contributed by atoms with Crippen LogP contribution in [-0.4, -0.2) is 38.0 Å². The van der Waals surface area contributed by atoms with Crippen LogP contribution in [0.15, 0.2) is 5.16 Å². The number of thioether (sulfide) groups is 1. The van der Waals surface area contributed by atoms with Crippen molar-refractivity contribution in [1.29, 1.82) is 5.26 Å². The van der Waals surface area contributed by atoms with Gasteiger partial charge in [0.25, 0.3) is 0 Å². The van der Waals surface area contributed by atoms with Gasteiger partial charge >= 0.3 is 0 Å². The lowest BCUT2D eigenvalue weighted by Gasteiger charge is -2.23. The van der Waals surface area contributed by atoms with Gasteiger partial charge in [0, 0.05) is 5.25 Å². The minimum atomic E-state index is -0.496. The van der Waals surface area contributed by atoms with Gasteiger partial charge < -0.3 is 5.32 Å². The Balaban J connectivity index is 1.96. The van der Waals surface area contributed by atoms with E-state index in [0.717, 1.165) is 11.6 Å². The summed E-state index contributed by atoms with van der Waals surface area (Å²) in [5.41, 5.74) is -0.496. The van der Waals surface area contributed by atoms with Crippen LogP contribution in [0, 0.1) is 11.3 Å². The average molecular weight is 266 g/mol. The van der Waals surface area contributed by atoms with E-state index in [4.69, 9.17) is 5.26 Å². The number of nitrogens with zero attached hydrogens (tertiary/aromatic N) is 5. The lowest BCUT2D eigenvalue weighted by Crippen LogP contribution is -2.40. The predicted molar refractivity (Wildman–Crippen MR) is 69.1 cm³/mol. The van der Waals surface area contributed by atoms with Crippen LogP contribution in [0.3, 0.4) is 0 Å². The maximum atomic E-state index is 9.15. The van der Waals surface area contributed by atoms with Crippen molar-refractivity contribution in [3.63, 3.8) is 0 Å². The number of nitriles is 1. The van der Waals surface area contributed by atoms with Crippen molar-refractivity contribution in [2.45, 2.75) is 55.1 Å². The largest absolute Gasteiger partial charge is 0.303 e. The Morgan fingerprint density at radius 3 is 2.94 bits per heavy atom. The topological polar surface area (TPSA) is 79.4 Å². The maximum Gasteiger partial charge on any atom is 0.209 e. The number of nitrogens with one attached hydrogen (secondary N) is 1. The molecule has 0 radical (unpaired) electrons. The molecule has 1 aliphatic rings. The van der Waals surface area contributed by atoms with E-state index in [1.165, 1.54) is 12.8 Å². The van der Waals surface area contributed by atoms with Crippen LogP contribution in [0.4, 0.5) is 0 Å². The van der Waals surface area contributed by atoms with Gasteiger partial charge in [-0.1, -0.05) is 18.7 Å². The zero-order valence-corrected chi connectivity index (χ0v) is 11.7. The summed E-state index contributed by atoms with van der Waals surface area (Å²) in [6, 6.07) is 2.79. The standard InChI is InChI=1S/C11H18N6S/c1-8(6-11(2,7-12)13-3)18-10-14-15-16-17(10)9-4-5-9/h8-9,13H,4-6H2,1-3H3. The molecule has 0 aliphatic heterocycles. The molecule has 0 bridgehead atoms. The smallest absolute Gasteiger partial charge is 0.209 e. The second-order valence-electron chi connectivity index (χ2n) is 4.96. The molecule has 2 atom stereocenters. The van der Waals surface area contributed by atoms with E-state index in [2.05, 4.69) is 33.8 Å². The van der Waals surface area contributed by atoms with Crippen molar-refractivity contribution < 1.29 is 0 Å². The summed E-state index contributed by atoms with van der Waals surface area (Å²) in [6.07, 6.45) is 3.08. The zero-order valence-electron chi connectivity index (χ0n) is 10.9. The summed E-state index contributed by atoms with van der Waals surface area (Å²) < 4.78 is 1.91. The Bertz CT molecular complexity index is 449. The van der Waals surface area contributed by atoms with Crippen molar-refractivity contribution in [3.8, 4) is 6.07 Å². The van der Waals surface area contributed by atoms with Crippen molar-refractivity contribution in [2.24, 2.45) is 0 Å². The van der Waals surface area contributed by atoms with E-state index < -0.39 is 5.54 Å². The fraction of sp³-hybridized carbons (Fsp3) is 0.818. The highest BCUT2D eigenvalue weighted by Crippen LogP contribution is 2.37. The second kappa shape index (κ2) is 5.24. The summed E-state index contributed by atoms with van der Waals surface area (Å²) >= 11 is 1.64. The molecule has 18 heavy (non-hydrogen) atoms. The van der Waals surface area contributed by atoms with E-state index in [9.17, 15) is 0 Å². The number of aromatic nitrogens is 4. The first-order valence-corrected chi connectivity index (χ1v) is 7.00. The Kier molecular flexibility index (Phi) is 3.88. The van der Waals surface area contributed by atoms with Crippen LogP contribution in [-0.2, 0) is 0 Å². The van der Waals surface area contributed by atoms with Gasteiger partial charge in [-0.3, -0.25) is 0 Å². The van der Waals surface area contributed by atoms with Gasteiger partial charge in [-0.25, -0.2) is 4.68 Å². The molecule has 1 N–H and O–H groups in total. The van der Waals surface area contributed by atoms with Crippen LogP contribution in [0.1, 0.15) is 39.2 Å². The van der Waals surface area contributed by atoms with Crippen molar-refractivity contribution in [3.05, 3.63) is 0 Å². The minimum Gasteiger partial charge on any atom is -0.303 e. The summed E-state index contributed by atoms with van der Waals surface area (Å²) in [4.78, 5) is 0. The summed E-state index contributed by atoms with van der Waals surface area (Å²) in [6.45, 7) is 4.01. The van der Waals surface area contributed by atoms with Gasteiger partial charge in [-0.2, -0.15) is 5.26 Å². The fourth-order valence-electron chi connectivity index (χ4n) is 1.81. The molecule has 1 saturated carbocycles. The highest BCUT2D eigenvalue weighted by molar-refractivity contribution is 7.99. The number of hydrogen-bond acceptors (Lipinski definition) is 6. The molecule has 0 aromatic carbocycles. The monoisotopic (exact) mass is 266 g/mol. The molecule has 0 spiro atoms. The summed E-state index contributed by atoms with van der Waals surface area (Å²) in [7, 11) is 1.81. The third-order valence-corrected chi connectivity index (χ3v) is 4.20. The van der Waals surface area contributed by atoms with Crippen molar-refractivity contribution in [2.75, 3.05) is 7.05 Å². The molecule has 1 heterocycles. The normalized spacial score (nSPS) is 20.1. The lowest BCUT2D eigenvalue weighted by atomic mass is 9.98. The maximum absolute atomic E-state index is 9.15. The molecule has 0 saturated heterocycles. The summed E-state index contributed by atoms with van der Waals surface area (Å²) in [5, 5.41) is 25.2. The molecule has 0 amide bonds. The van der Waals surface area contributed by atoms with Gasteiger partial charge in [0.05, 0.1) is 12.1 Å². The van der Waals surface area contributed by atoms with Gasteiger partial charge in [-0.05, 0) is 43.7 Å². The third-order valence-electron chi connectivity index (χ3n) is 3.16. The fourth-order valence-corrected chi connectivity index (χ4v) is 2.97. The molecule has 1 aromatic heterocycles. The molecular weight excluding hydrogens is 248 g/mol. The Morgan fingerprint density at radius 1 is 1.67 bits per heavy atom. The van der Waals surface area contributed by atoms with Gasteiger partial charge in [-0.15, -0.1) is 5.10 Å². The Labute approximate surface area is 111 Å². The van der Waals surface area contributed by atoms with E-state index in [-0.39, 0.29) is 5.25 Å². The highest BCUT2D eigenvalue weighted by atomic mass is 32.2. The quantitative estimate of drug-likeness (QED) is 0.784. The van der Waals surface area contributed by atoms with E-state index >= 15 is 0 Å². The lowest BCUT2D eigenvalue weighted by molar-refractivity contribution is 0.454. The highest BCUT2D eigenvalue weighted by Gasteiger charge is 2.30. The number of rotatable bonds is 6. The number of tetrazole rings is 1. The van der Waals surface area contributed by atoms with Crippen molar-refractivity contribution >= 4 is 11.8 Å². The first-order chi connectivity index (χ1) is 8.58. The molecule has 98 valence electrons. The molecule has 2 unspecified atom stereocenters.